The zero-order valence-electron chi connectivity index (χ0n) is 11.8. The van der Waals surface area contributed by atoms with Crippen LogP contribution in [-0.2, 0) is 21.7 Å². The van der Waals surface area contributed by atoms with Crippen molar-refractivity contribution in [1.82, 2.24) is 4.98 Å². The highest BCUT2D eigenvalue weighted by Crippen LogP contribution is 2.25. The van der Waals surface area contributed by atoms with Crippen molar-refractivity contribution in [1.29, 1.82) is 0 Å². The Labute approximate surface area is 122 Å². The zero-order chi connectivity index (χ0) is 14.5. The van der Waals surface area contributed by atoms with Crippen LogP contribution in [0, 0.1) is 13.8 Å². The van der Waals surface area contributed by atoms with Gasteiger partial charge in [0.05, 0.1) is 19.2 Å². The van der Waals surface area contributed by atoms with Gasteiger partial charge in [-0.15, -0.1) is 0 Å². The van der Waals surface area contributed by atoms with E-state index < -0.39 is 0 Å². The Hall–Kier alpha value is -1.75. The third kappa shape index (κ3) is 3.63. The number of benzene rings is 1. The lowest BCUT2D eigenvalue weighted by Crippen LogP contribution is -2.06. The molecule has 0 fully saturated rings. The summed E-state index contributed by atoms with van der Waals surface area (Å²) < 4.78 is 10.3. The van der Waals surface area contributed by atoms with Crippen LogP contribution in [0.15, 0.2) is 33.9 Å². The van der Waals surface area contributed by atoms with E-state index in [0.717, 1.165) is 22.6 Å². The van der Waals surface area contributed by atoms with E-state index in [1.165, 1.54) is 18.9 Å². The van der Waals surface area contributed by atoms with Gasteiger partial charge in [0.15, 0.2) is 0 Å². The number of esters is 1. The van der Waals surface area contributed by atoms with Gasteiger partial charge in [0, 0.05) is 5.75 Å². The van der Waals surface area contributed by atoms with Gasteiger partial charge in [0.1, 0.15) is 5.76 Å². The summed E-state index contributed by atoms with van der Waals surface area (Å²) in [6.07, 6.45) is 0.289. The fourth-order valence-corrected chi connectivity index (χ4v) is 2.69. The van der Waals surface area contributed by atoms with Crippen LogP contribution in [0.25, 0.3) is 0 Å². The fraction of sp³-hybridized carbons (Fsp3) is 0.333. The van der Waals surface area contributed by atoms with E-state index in [9.17, 15) is 4.79 Å². The van der Waals surface area contributed by atoms with Crippen LogP contribution in [0.3, 0.4) is 0 Å². The first-order chi connectivity index (χ1) is 9.60. The number of rotatable bonds is 5. The Morgan fingerprint density at radius 3 is 2.60 bits per heavy atom. The third-order valence-corrected chi connectivity index (χ3v) is 3.92. The number of thioether (sulfide) groups is 1. The van der Waals surface area contributed by atoms with Crippen LogP contribution >= 0.6 is 11.8 Å². The third-order valence-electron chi connectivity index (χ3n) is 3.04. The maximum Gasteiger partial charge on any atom is 0.309 e. The average molecular weight is 291 g/mol. The predicted molar refractivity (Wildman–Crippen MR) is 77.7 cm³/mol. The number of ether oxygens (including phenoxy) is 1. The van der Waals surface area contributed by atoms with Crippen LogP contribution in [0.5, 0.6) is 0 Å². The highest BCUT2D eigenvalue weighted by Gasteiger charge is 2.10. The lowest BCUT2D eigenvalue weighted by Gasteiger charge is -2.07. The van der Waals surface area contributed by atoms with Crippen molar-refractivity contribution in [2.45, 2.75) is 31.2 Å². The summed E-state index contributed by atoms with van der Waals surface area (Å²) in [5.74, 6) is 1.33. The highest BCUT2D eigenvalue weighted by atomic mass is 32.2. The Balaban J connectivity index is 2.07. The van der Waals surface area contributed by atoms with Gasteiger partial charge in [-0.25, -0.2) is 4.98 Å². The molecule has 0 atom stereocenters. The van der Waals surface area contributed by atoms with Crippen molar-refractivity contribution in [3.05, 3.63) is 46.8 Å². The fourth-order valence-electron chi connectivity index (χ4n) is 1.74. The summed E-state index contributed by atoms with van der Waals surface area (Å²) in [4.78, 5) is 15.7. The second-order valence-electron chi connectivity index (χ2n) is 4.43. The summed E-state index contributed by atoms with van der Waals surface area (Å²) in [6, 6.07) is 7.83. The maximum atomic E-state index is 11.4. The molecule has 0 aliphatic rings. The zero-order valence-corrected chi connectivity index (χ0v) is 12.6. The van der Waals surface area contributed by atoms with Crippen molar-refractivity contribution in [2.24, 2.45) is 0 Å². The predicted octanol–water partition coefficient (Wildman–Crippen LogP) is 3.30. The second kappa shape index (κ2) is 6.61. The van der Waals surface area contributed by atoms with Crippen LogP contribution < -0.4 is 0 Å². The standard InChI is InChI=1S/C15H17NO3S/c1-10-11(2)19-15(16-10)20-9-13-7-5-4-6-12(13)8-14(17)18-3/h4-7H,8-9H2,1-3H3. The van der Waals surface area contributed by atoms with Crippen molar-refractivity contribution in [2.75, 3.05) is 7.11 Å². The molecule has 0 radical (unpaired) electrons. The van der Waals surface area contributed by atoms with Gasteiger partial charge >= 0.3 is 5.97 Å². The molecule has 0 saturated carbocycles. The first kappa shape index (κ1) is 14.7. The van der Waals surface area contributed by atoms with E-state index in [4.69, 9.17) is 9.15 Å². The number of carbonyl (C=O) groups excluding carboxylic acids is 1. The number of oxazole rings is 1. The molecule has 0 N–H and O–H groups in total. The minimum atomic E-state index is -0.231. The van der Waals surface area contributed by atoms with Crippen LogP contribution in [0.1, 0.15) is 22.6 Å². The largest absolute Gasteiger partial charge is 0.469 e. The molecule has 0 saturated heterocycles. The molecule has 106 valence electrons. The number of carbonyl (C=O) groups is 1. The van der Waals surface area contributed by atoms with E-state index in [0.29, 0.717) is 11.0 Å². The Morgan fingerprint density at radius 1 is 1.30 bits per heavy atom. The Kier molecular flexibility index (Phi) is 4.84. The number of aromatic nitrogens is 1. The summed E-state index contributed by atoms with van der Waals surface area (Å²) in [7, 11) is 1.40. The van der Waals surface area contributed by atoms with Gasteiger partial charge < -0.3 is 9.15 Å². The van der Waals surface area contributed by atoms with Crippen molar-refractivity contribution < 1.29 is 13.9 Å². The molecule has 20 heavy (non-hydrogen) atoms. The summed E-state index contributed by atoms with van der Waals surface area (Å²) >= 11 is 1.53. The quantitative estimate of drug-likeness (QED) is 0.625. The normalized spacial score (nSPS) is 10.6. The molecule has 0 aliphatic carbocycles. The number of hydrogen-bond donors (Lipinski definition) is 0. The molecular formula is C15H17NO3S. The van der Waals surface area contributed by atoms with E-state index in [-0.39, 0.29) is 12.4 Å². The summed E-state index contributed by atoms with van der Waals surface area (Å²) in [6.45, 7) is 3.83. The van der Waals surface area contributed by atoms with Crippen LogP contribution in [0.2, 0.25) is 0 Å². The van der Waals surface area contributed by atoms with E-state index >= 15 is 0 Å². The van der Waals surface area contributed by atoms with Gasteiger partial charge in [-0.05, 0) is 25.0 Å². The minimum absolute atomic E-state index is 0.231. The van der Waals surface area contributed by atoms with Gasteiger partial charge in [-0.3, -0.25) is 4.79 Å². The molecule has 1 aromatic carbocycles. The second-order valence-corrected chi connectivity index (χ2v) is 5.36. The maximum absolute atomic E-state index is 11.4. The monoisotopic (exact) mass is 291 g/mol. The Bertz CT molecular complexity index is 587. The average Bonchev–Trinajstić information content (AvgIpc) is 2.76. The molecular weight excluding hydrogens is 274 g/mol. The lowest BCUT2D eigenvalue weighted by atomic mass is 10.1. The number of methoxy groups -OCH3 is 1. The van der Waals surface area contributed by atoms with Gasteiger partial charge in [0.2, 0.25) is 0 Å². The molecule has 2 aromatic rings. The summed E-state index contributed by atoms with van der Waals surface area (Å²) in [5.41, 5.74) is 2.98. The molecule has 0 aliphatic heterocycles. The van der Waals surface area contributed by atoms with Crippen molar-refractivity contribution >= 4 is 17.7 Å². The highest BCUT2D eigenvalue weighted by molar-refractivity contribution is 7.98. The molecule has 0 unspecified atom stereocenters. The molecule has 1 aromatic heterocycles. The first-order valence-corrected chi connectivity index (χ1v) is 7.29. The van der Waals surface area contributed by atoms with Crippen molar-refractivity contribution in [3.8, 4) is 0 Å². The molecule has 4 nitrogen and oxygen atoms in total. The Morgan fingerprint density at radius 2 is 2.00 bits per heavy atom. The molecule has 5 heteroatoms. The van der Waals surface area contributed by atoms with E-state index in [1.807, 2.05) is 38.1 Å². The smallest absolute Gasteiger partial charge is 0.309 e. The van der Waals surface area contributed by atoms with E-state index in [2.05, 4.69) is 4.98 Å². The van der Waals surface area contributed by atoms with Gasteiger partial charge in [-0.1, -0.05) is 36.0 Å². The number of nitrogens with zero attached hydrogens (tertiary/aromatic N) is 1. The molecule has 2 rings (SSSR count). The van der Waals surface area contributed by atoms with Gasteiger partial charge in [-0.2, -0.15) is 0 Å². The van der Waals surface area contributed by atoms with Gasteiger partial charge in [0.25, 0.3) is 5.22 Å². The molecule has 1 heterocycles. The topological polar surface area (TPSA) is 52.3 Å². The molecule has 0 spiro atoms. The van der Waals surface area contributed by atoms with Crippen LogP contribution in [0.4, 0.5) is 0 Å². The van der Waals surface area contributed by atoms with E-state index in [1.54, 1.807) is 0 Å². The summed E-state index contributed by atoms with van der Waals surface area (Å²) in [5, 5.41) is 0.660. The molecule has 0 amide bonds. The number of hydrogen-bond acceptors (Lipinski definition) is 5. The SMILES string of the molecule is COC(=O)Cc1ccccc1CSc1nc(C)c(C)o1. The minimum Gasteiger partial charge on any atom is -0.469 e. The number of aryl methyl sites for hydroxylation is 2. The first-order valence-electron chi connectivity index (χ1n) is 6.30. The van der Waals surface area contributed by atoms with Crippen LogP contribution in [-0.4, -0.2) is 18.1 Å². The van der Waals surface area contributed by atoms with Crippen molar-refractivity contribution in [3.63, 3.8) is 0 Å². The molecule has 0 bridgehead atoms. The lowest BCUT2D eigenvalue weighted by molar-refractivity contribution is -0.139.